The molecular formula is C22H21N3OS. The molecule has 136 valence electrons. The van der Waals surface area contributed by atoms with Crippen LogP contribution in [0.15, 0.2) is 48.1 Å². The van der Waals surface area contributed by atoms with Crippen molar-refractivity contribution in [2.24, 2.45) is 0 Å². The second-order valence-electron chi connectivity index (χ2n) is 6.80. The summed E-state index contributed by atoms with van der Waals surface area (Å²) in [7, 11) is 0. The van der Waals surface area contributed by atoms with Crippen molar-refractivity contribution < 1.29 is 4.74 Å². The highest BCUT2D eigenvalue weighted by molar-refractivity contribution is 7.13. The highest BCUT2D eigenvalue weighted by Crippen LogP contribution is 2.38. The fourth-order valence-electron chi connectivity index (χ4n) is 3.60. The van der Waals surface area contributed by atoms with Gasteiger partial charge in [0, 0.05) is 31.3 Å². The predicted molar refractivity (Wildman–Crippen MR) is 109 cm³/mol. The quantitative estimate of drug-likeness (QED) is 0.743. The molecule has 4 rings (SSSR count). The number of nitrogens with zero attached hydrogens (tertiary/aromatic N) is 2. The fourth-order valence-corrected chi connectivity index (χ4v) is 4.32. The Labute approximate surface area is 163 Å². The van der Waals surface area contributed by atoms with E-state index in [1.54, 1.807) is 11.3 Å². The lowest BCUT2D eigenvalue weighted by molar-refractivity contribution is 0.0293. The minimum Gasteiger partial charge on any atom is -0.375 e. The molecule has 0 spiro atoms. The van der Waals surface area contributed by atoms with Crippen LogP contribution in [0.3, 0.4) is 0 Å². The van der Waals surface area contributed by atoms with E-state index in [4.69, 9.17) is 10.00 Å². The molecule has 2 heterocycles. The zero-order valence-corrected chi connectivity index (χ0v) is 16.1. The van der Waals surface area contributed by atoms with Gasteiger partial charge in [0.15, 0.2) is 0 Å². The summed E-state index contributed by atoms with van der Waals surface area (Å²) in [5.41, 5.74) is 8.58. The maximum atomic E-state index is 9.10. The molecule has 27 heavy (non-hydrogen) atoms. The number of hydrogen-bond acceptors (Lipinski definition) is 5. The van der Waals surface area contributed by atoms with Crippen molar-refractivity contribution in [3.8, 4) is 27.6 Å². The molecule has 0 aliphatic carbocycles. The molecule has 0 amide bonds. The van der Waals surface area contributed by atoms with Crippen LogP contribution in [-0.4, -0.2) is 30.8 Å². The molecule has 1 aromatic heterocycles. The van der Waals surface area contributed by atoms with Crippen LogP contribution in [0.25, 0.3) is 21.6 Å². The van der Waals surface area contributed by atoms with Crippen molar-refractivity contribution in [3.05, 3.63) is 64.8 Å². The van der Waals surface area contributed by atoms with Gasteiger partial charge in [-0.2, -0.15) is 5.26 Å². The van der Waals surface area contributed by atoms with Gasteiger partial charge in [-0.05, 0) is 35.7 Å². The van der Waals surface area contributed by atoms with Gasteiger partial charge >= 0.3 is 0 Å². The summed E-state index contributed by atoms with van der Waals surface area (Å²) in [6, 6.07) is 14.5. The lowest BCUT2D eigenvalue weighted by Crippen LogP contribution is -2.39. The molecular weight excluding hydrogens is 354 g/mol. The number of rotatable bonds is 4. The van der Waals surface area contributed by atoms with Gasteiger partial charge in [0.25, 0.3) is 0 Å². The largest absolute Gasteiger partial charge is 0.375 e. The Morgan fingerprint density at radius 2 is 2.15 bits per heavy atom. The summed E-state index contributed by atoms with van der Waals surface area (Å²) in [5, 5.41) is 12.5. The van der Waals surface area contributed by atoms with Crippen LogP contribution in [-0.2, 0) is 11.2 Å². The zero-order valence-electron chi connectivity index (χ0n) is 15.2. The van der Waals surface area contributed by atoms with Crippen molar-refractivity contribution in [3.63, 3.8) is 0 Å². The predicted octanol–water partition coefficient (Wildman–Crippen LogP) is 4.19. The van der Waals surface area contributed by atoms with Crippen LogP contribution in [0.4, 0.5) is 0 Å². The van der Waals surface area contributed by atoms with Gasteiger partial charge in [-0.3, -0.25) is 4.98 Å². The number of nitrogens with one attached hydrogen (secondary N) is 1. The summed E-state index contributed by atoms with van der Waals surface area (Å²) < 4.78 is 5.96. The molecule has 1 unspecified atom stereocenters. The summed E-state index contributed by atoms with van der Waals surface area (Å²) >= 11 is 1.65. The van der Waals surface area contributed by atoms with E-state index in [1.807, 2.05) is 36.0 Å². The van der Waals surface area contributed by atoms with Crippen molar-refractivity contribution >= 4 is 11.3 Å². The number of aryl methyl sites for hydroxylation is 1. The Morgan fingerprint density at radius 1 is 1.30 bits per heavy atom. The van der Waals surface area contributed by atoms with Crippen LogP contribution in [0.2, 0.25) is 0 Å². The number of nitriles is 1. The average molecular weight is 375 g/mol. The molecule has 1 saturated heterocycles. The van der Waals surface area contributed by atoms with Crippen LogP contribution >= 0.6 is 11.3 Å². The number of hydrogen-bond donors (Lipinski definition) is 1. The van der Waals surface area contributed by atoms with Crippen molar-refractivity contribution in [2.75, 3.05) is 19.7 Å². The van der Waals surface area contributed by atoms with E-state index >= 15 is 0 Å². The molecule has 0 bridgehead atoms. The number of morpholine rings is 1. The van der Waals surface area contributed by atoms with Crippen LogP contribution in [0, 0.1) is 18.3 Å². The van der Waals surface area contributed by atoms with Crippen molar-refractivity contribution in [2.45, 2.75) is 19.4 Å². The topological polar surface area (TPSA) is 57.9 Å². The van der Waals surface area contributed by atoms with E-state index in [-0.39, 0.29) is 6.10 Å². The number of aromatic nitrogens is 1. The third kappa shape index (κ3) is 3.93. The first-order valence-corrected chi connectivity index (χ1v) is 9.98. The highest BCUT2D eigenvalue weighted by Gasteiger charge is 2.20. The SMILES string of the molecule is Cc1cc(CC2CNCCO2)c(-c2cncs2)c(-c2ccc(C#N)cc2)c1. The summed E-state index contributed by atoms with van der Waals surface area (Å²) in [4.78, 5) is 5.46. The third-order valence-corrected chi connectivity index (χ3v) is 5.61. The van der Waals surface area contributed by atoms with Gasteiger partial charge < -0.3 is 10.1 Å². The number of ether oxygens (including phenoxy) is 1. The van der Waals surface area contributed by atoms with Crippen LogP contribution < -0.4 is 5.32 Å². The van der Waals surface area contributed by atoms with Crippen molar-refractivity contribution in [1.82, 2.24) is 10.3 Å². The molecule has 4 nitrogen and oxygen atoms in total. The molecule has 2 aromatic carbocycles. The van der Waals surface area contributed by atoms with E-state index in [1.165, 1.54) is 22.3 Å². The van der Waals surface area contributed by atoms with E-state index in [0.717, 1.165) is 36.6 Å². The second kappa shape index (κ2) is 8.01. The molecule has 0 saturated carbocycles. The third-order valence-electron chi connectivity index (χ3n) is 4.82. The first-order valence-electron chi connectivity index (χ1n) is 9.10. The molecule has 1 aliphatic rings. The van der Waals surface area contributed by atoms with Gasteiger partial charge in [0.2, 0.25) is 0 Å². The molecule has 3 aromatic rings. The van der Waals surface area contributed by atoms with E-state index in [2.05, 4.69) is 35.4 Å². The van der Waals surface area contributed by atoms with Gasteiger partial charge in [0.05, 0.1) is 34.7 Å². The minimum atomic E-state index is 0.182. The highest BCUT2D eigenvalue weighted by atomic mass is 32.1. The van der Waals surface area contributed by atoms with Crippen LogP contribution in [0.1, 0.15) is 16.7 Å². The standard InChI is InChI=1S/C22H21N3OS/c1-15-8-18(10-19-12-24-6-7-26-19)22(21-13-25-14-27-21)20(9-15)17-4-2-16(11-23)3-5-17/h2-5,8-9,13-14,19,24H,6-7,10,12H2,1H3. The van der Waals surface area contributed by atoms with E-state index in [0.29, 0.717) is 5.56 Å². The molecule has 1 fully saturated rings. The summed E-state index contributed by atoms with van der Waals surface area (Å²) in [6.45, 7) is 4.69. The van der Waals surface area contributed by atoms with Gasteiger partial charge in [-0.15, -0.1) is 11.3 Å². The molecule has 1 aliphatic heterocycles. The van der Waals surface area contributed by atoms with Gasteiger partial charge in [-0.25, -0.2) is 0 Å². The normalized spacial score (nSPS) is 16.8. The first kappa shape index (κ1) is 17.9. The maximum Gasteiger partial charge on any atom is 0.0991 e. The molecule has 1 N–H and O–H groups in total. The maximum absolute atomic E-state index is 9.10. The smallest absolute Gasteiger partial charge is 0.0991 e. The zero-order chi connectivity index (χ0) is 18.6. The van der Waals surface area contributed by atoms with E-state index in [9.17, 15) is 0 Å². The monoisotopic (exact) mass is 375 g/mol. The summed E-state index contributed by atoms with van der Waals surface area (Å²) in [6.07, 6.45) is 2.98. The van der Waals surface area contributed by atoms with Crippen molar-refractivity contribution in [1.29, 1.82) is 5.26 Å². The molecule has 0 radical (unpaired) electrons. The first-order chi connectivity index (χ1) is 13.2. The second-order valence-corrected chi connectivity index (χ2v) is 7.69. The lowest BCUT2D eigenvalue weighted by Gasteiger charge is -2.25. The Morgan fingerprint density at radius 3 is 2.81 bits per heavy atom. The van der Waals surface area contributed by atoms with Crippen LogP contribution in [0.5, 0.6) is 0 Å². The van der Waals surface area contributed by atoms with Gasteiger partial charge in [-0.1, -0.05) is 29.8 Å². The number of benzene rings is 2. The average Bonchev–Trinajstić information content (AvgIpc) is 3.23. The Balaban J connectivity index is 1.83. The Bertz CT molecular complexity index is 952. The lowest BCUT2D eigenvalue weighted by atomic mass is 9.89. The minimum absolute atomic E-state index is 0.182. The van der Waals surface area contributed by atoms with Gasteiger partial charge in [0.1, 0.15) is 0 Å². The molecule has 5 heteroatoms. The fraction of sp³-hybridized carbons (Fsp3) is 0.273. The Hall–Kier alpha value is -2.52. The molecule has 1 atom stereocenters. The summed E-state index contributed by atoms with van der Waals surface area (Å²) in [5.74, 6) is 0. The van der Waals surface area contributed by atoms with E-state index < -0.39 is 0 Å². The Kier molecular flexibility index (Phi) is 5.30. The number of thiazole rings is 1.